The molecule has 0 bridgehead atoms. The number of carbonyl (C=O) groups is 1. The maximum atomic E-state index is 12.1. The maximum Gasteiger partial charge on any atom is 0.255 e. The quantitative estimate of drug-likeness (QED) is 0.633. The molecule has 3 N–H and O–H groups in total. The molecule has 1 aromatic carbocycles. The van der Waals surface area contributed by atoms with Crippen LogP contribution in [0.4, 0.5) is 5.82 Å². The third-order valence-electron chi connectivity index (χ3n) is 3.93. The second-order valence-corrected chi connectivity index (χ2v) is 6.40. The van der Waals surface area contributed by atoms with Crippen LogP contribution >= 0.6 is 0 Å². The third kappa shape index (κ3) is 3.46. The number of carbonyl (C=O) groups excluding carboxylic acids is 1. The lowest BCUT2D eigenvalue weighted by Crippen LogP contribution is -2.30. The van der Waals surface area contributed by atoms with Crippen molar-refractivity contribution in [2.45, 2.75) is 33.2 Å². The van der Waals surface area contributed by atoms with E-state index in [0.717, 1.165) is 35.7 Å². The number of aromatic nitrogens is 3. The van der Waals surface area contributed by atoms with Crippen LogP contribution in [0.15, 0.2) is 36.8 Å². The lowest BCUT2D eigenvalue weighted by atomic mass is 10.1. The number of imidazole rings is 1. The van der Waals surface area contributed by atoms with E-state index in [-0.39, 0.29) is 23.3 Å². The smallest absolute Gasteiger partial charge is 0.255 e. The molecule has 7 heteroatoms. The molecule has 26 heavy (non-hydrogen) atoms. The van der Waals surface area contributed by atoms with E-state index < -0.39 is 0 Å². The van der Waals surface area contributed by atoms with Gasteiger partial charge in [0.1, 0.15) is 5.75 Å². The molecule has 7 nitrogen and oxygen atoms in total. The van der Waals surface area contributed by atoms with Crippen LogP contribution in [-0.2, 0) is 0 Å². The Morgan fingerprint density at radius 2 is 2.12 bits per heavy atom. The molecule has 0 spiro atoms. The van der Waals surface area contributed by atoms with E-state index in [0.29, 0.717) is 0 Å². The summed E-state index contributed by atoms with van der Waals surface area (Å²) < 4.78 is 1.91. The summed E-state index contributed by atoms with van der Waals surface area (Å²) in [6.45, 7) is 6.65. The number of hydrogen-bond donors (Lipinski definition) is 3. The van der Waals surface area contributed by atoms with E-state index >= 15 is 0 Å². The van der Waals surface area contributed by atoms with Crippen molar-refractivity contribution in [1.29, 1.82) is 0 Å². The van der Waals surface area contributed by atoms with Gasteiger partial charge in [-0.15, -0.1) is 0 Å². The molecular formula is C19H23N5O2. The lowest BCUT2D eigenvalue weighted by Gasteiger charge is -2.11. The van der Waals surface area contributed by atoms with Gasteiger partial charge < -0.3 is 15.7 Å². The highest BCUT2D eigenvalue weighted by atomic mass is 16.3. The zero-order valence-electron chi connectivity index (χ0n) is 15.2. The first-order valence-corrected chi connectivity index (χ1v) is 8.71. The molecule has 3 aromatic rings. The molecule has 2 heterocycles. The number of hydrogen-bond acceptors (Lipinski definition) is 5. The van der Waals surface area contributed by atoms with E-state index in [2.05, 4.69) is 27.5 Å². The van der Waals surface area contributed by atoms with E-state index in [9.17, 15) is 9.90 Å². The molecule has 1 amide bonds. The summed E-state index contributed by atoms with van der Waals surface area (Å²) in [7, 11) is 0. The van der Waals surface area contributed by atoms with Gasteiger partial charge in [-0.2, -0.15) is 0 Å². The number of anilines is 1. The van der Waals surface area contributed by atoms with Gasteiger partial charge in [-0.05, 0) is 32.4 Å². The van der Waals surface area contributed by atoms with Crippen LogP contribution in [0.5, 0.6) is 5.75 Å². The molecule has 0 aliphatic rings. The zero-order chi connectivity index (χ0) is 18.7. The SMILES string of the molecule is CCCNc1nccn2c(-c3ccc(C(=O)NC(C)C)c(O)c3)cnc12. The van der Waals surface area contributed by atoms with Gasteiger partial charge in [0.05, 0.1) is 17.5 Å². The number of rotatable bonds is 6. The Balaban J connectivity index is 1.97. The molecule has 0 fully saturated rings. The third-order valence-corrected chi connectivity index (χ3v) is 3.93. The fourth-order valence-electron chi connectivity index (χ4n) is 2.72. The average Bonchev–Trinajstić information content (AvgIpc) is 3.03. The van der Waals surface area contributed by atoms with Crippen molar-refractivity contribution in [3.05, 3.63) is 42.4 Å². The molecule has 0 radical (unpaired) electrons. The molecule has 0 atom stereocenters. The van der Waals surface area contributed by atoms with Gasteiger partial charge in [-0.3, -0.25) is 9.20 Å². The molecule has 0 saturated carbocycles. The van der Waals surface area contributed by atoms with Crippen LogP contribution in [0.2, 0.25) is 0 Å². The Kier molecular flexibility index (Phi) is 5.06. The first-order chi connectivity index (χ1) is 12.5. The summed E-state index contributed by atoms with van der Waals surface area (Å²) in [5, 5.41) is 16.3. The van der Waals surface area contributed by atoms with Crippen molar-refractivity contribution in [3.8, 4) is 17.0 Å². The Labute approximate surface area is 152 Å². The number of fused-ring (bicyclic) bond motifs is 1. The molecular weight excluding hydrogens is 330 g/mol. The number of aromatic hydroxyl groups is 1. The summed E-state index contributed by atoms with van der Waals surface area (Å²) in [5.74, 6) is 0.365. The van der Waals surface area contributed by atoms with E-state index in [1.807, 2.05) is 24.4 Å². The molecule has 0 aliphatic carbocycles. The van der Waals surface area contributed by atoms with Gasteiger partial charge >= 0.3 is 0 Å². The largest absolute Gasteiger partial charge is 0.507 e. The van der Waals surface area contributed by atoms with Crippen molar-refractivity contribution >= 4 is 17.4 Å². The second-order valence-electron chi connectivity index (χ2n) is 6.40. The van der Waals surface area contributed by atoms with Crippen LogP contribution in [0.25, 0.3) is 16.9 Å². The fraction of sp³-hybridized carbons (Fsp3) is 0.316. The molecule has 0 unspecified atom stereocenters. The molecule has 3 rings (SSSR count). The average molecular weight is 353 g/mol. The Hall–Kier alpha value is -3.09. The molecule has 0 aliphatic heterocycles. The first kappa shape index (κ1) is 17.7. The van der Waals surface area contributed by atoms with Crippen LogP contribution in [0.3, 0.4) is 0 Å². The highest BCUT2D eigenvalue weighted by Crippen LogP contribution is 2.28. The monoisotopic (exact) mass is 353 g/mol. The predicted octanol–water partition coefficient (Wildman–Crippen LogP) is 3.06. The summed E-state index contributed by atoms with van der Waals surface area (Å²) in [5.41, 5.74) is 2.55. The highest BCUT2D eigenvalue weighted by molar-refractivity contribution is 5.97. The van der Waals surface area contributed by atoms with E-state index in [1.54, 1.807) is 30.6 Å². The van der Waals surface area contributed by atoms with Crippen molar-refractivity contribution in [1.82, 2.24) is 19.7 Å². The number of nitrogens with zero attached hydrogens (tertiary/aromatic N) is 3. The minimum absolute atomic E-state index is 0.00175. The standard InChI is InChI=1S/C19H23N5O2/c1-4-7-20-17-18-22-11-15(24(18)9-8-21-17)13-5-6-14(16(25)10-13)19(26)23-12(2)3/h5-6,8-12,25H,4,7H2,1-3H3,(H,20,21)(H,23,26). The van der Waals surface area contributed by atoms with E-state index in [4.69, 9.17) is 0 Å². The fourth-order valence-corrected chi connectivity index (χ4v) is 2.72. The minimum atomic E-state index is -0.294. The van der Waals surface area contributed by atoms with Gasteiger partial charge in [0.15, 0.2) is 11.5 Å². The normalized spacial score (nSPS) is 11.1. The Bertz CT molecular complexity index is 933. The lowest BCUT2D eigenvalue weighted by molar-refractivity contribution is 0.0940. The maximum absolute atomic E-state index is 12.1. The number of amides is 1. The van der Waals surface area contributed by atoms with Gasteiger partial charge in [0.2, 0.25) is 0 Å². The molecule has 136 valence electrons. The van der Waals surface area contributed by atoms with Crippen molar-refractivity contribution < 1.29 is 9.90 Å². The van der Waals surface area contributed by atoms with E-state index in [1.165, 1.54) is 0 Å². The van der Waals surface area contributed by atoms with Gasteiger partial charge in [0.25, 0.3) is 5.91 Å². The Morgan fingerprint density at radius 3 is 2.81 bits per heavy atom. The van der Waals surface area contributed by atoms with Crippen LogP contribution in [0.1, 0.15) is 37.6 Å². The second kappa shape index (κ2) is 7.43. The van der Waals surface area contributed by atoms with Gasteiger partial charge in [-0.25, -0.2) is 9.97 Å². The van der Waals surface area contributed by atoms with Gasteiger partial charge in [0, 0.05) is 30.5 Å². The molecule has 2 aromatic heterocycles. The topological polar surface area (TPSA) is 91.6 Å². The zero-order valence-corrected chi connectivity index (χ0v) is 15.2. The Morgan fingerprint density at radius 1 is 1.31 bits per heavy atom. The minimum Gasteiger partial charge on any atom is -0.507 e. The number of phenolic OH excluding ortho intramolecular Hbond substituents is 1. The summed E-state index contributed by atoms with van der Waals surface area (Å²) in [4.78, 5) is 20.9. The highest BCUT2D eigenvalue weighted by Gasteiger charge is 2.15. The number of phenols is 1. The number of benzene rings is 1. The summed E-state index contributed by atoms with van der Waals surface area (Å²) >= 11 is 0. The van der Waals surface area contributed by atoms with Crippen molar-refractivity contribution in [2.24, 2.45) is 0 Å². The predicted molar refractivity (Wildman–Crippen MR) is 101 cm³/mol. The van der Waals surface area contributed by atoms with Crippen LogP contribution in [0, 0.1) is 0 Å². The summed E-state index contributed by atoms with van der Waals surface area (Å²) in [6, 6.07) is 5.01. The summed E-state index contributed by atoms with van der Waals surface area (Å²) in [6.07, 6.45) is 6.26. The van der Waals surface area contributed by atoms with Gasteiger partial charge in [-0.1, -0.05) is 13.0 Å². The van der Waals surface area contributed by atoms with Crippen molar-refractivity contribution in [3.63, 3.8) is 0 Å². The number of nitrogens with one attached hydrogen (secondary N) is 2. The van der Waals surface area contributed by atoms with Crippen LogP contribution in [-0.4, -0.2) is 38.0 Å². The van der Waals surface area contributed by atoms with Crippen molar-refractivity contribution in [2.75, 3.05) is 11.9 Å². The molecule has 0 saturated heterocycles. The first-order valence-electron chi connectivity index (χ1n) is 8.71. The van der Waals surface area contributed by atoms with Crippen LogP contribution < -0.4 is 10.6 Å².